The summed E-state index contributed by atoms with van der Waals surface area (Å²) < 4.78 is 16.4. The van der Waals surface area contributed by atoms with E-state index in [2.05, 4.69) is 58.5 Å². The zero-order chi connectivity index (χ0) is 33.0. The van der Waals surface area contributed by atoms with Crippen LogP contribution in [0, 0.1) is 11.9 Å². The van der Waals surface area contributed by atoms with E-state index in [9.17, 15) is 15.0 Å². The van der Waals surface area contributed by atoms with Crippen molar-refractivity contribution < 1.29 is 14.6 Å². The van der Waals surface area contributed by atoms with E-state index in [1.165, 1.54) is 0 Å². The lowest BCUT2D eigenvalue weighted by Gasteiger charge is -2.60. The van der Waals surface area contributed by atoms with Crippen molar-refractivity contribution in [2.45, 2.75) is 36.4 Å². The second-order valence-corrected chi connectivity index (χ2v) is 13.0. The maximum atomic E-state index is 15.3. The third-order valence-electron chi connectivity index (χ3n) is 10.3. The Morgan fingerprint density at radius 1 is 0.771 bits per heavy atom. The average Bonchev–Trinajstić information content (AvgIpc) is 3.53. The molecule has 1 aliphatic heterocycles. The summed E-state index contributed by atoms with van der Waals surface area (Å²) in [5, 5.41) is 32.7. The molecule has 6 nitrogen and oxygen atoms in total. The molecule has 1 N–H and O–H groups in total. The van der Waals surface area contributed by atoms with Gasteiger partial charge in [0.25, 0.3) is 5.56 Å². The van der Waals surface area contributed by atoms with Gasteiger partial charge in [0.1, 0.15) is 0 Å². The Labute approximate surface area is 278 Å². The van der Waals surface area contributed by atoms with Crippen LogP contribution >= 0.6 is 0 Å². The number of allylic oxidation sites excluding steroid dienone is 1. The first-order chi connectivity index (χ1) is 23.4. The van der Waals surface area contributed by atoms with Crippen LogP contribution in [0.25, 0.3) is 16.5 Å². The van der Waals surface area contributed by atoms with Crippen LogP contribution in [0.1, 0.15) is 28.2 Å². The zero-order valence-electron chi connectivity index (χ0n) is 26.4. The van der Waals surface area contributed by atoms with Gasteiger partial charge in [-0.3, -0.25) is 9.89 Å². The third-order valence-corrected chi connectivity index (χ3v) is 10.3. The topological polar surface area (TPSA) is 87.2 Å². The summed E-state index contributed by atoms with van der Waals surface area (Å²) in [7, 11) is 2.00. The highest BCUT2D eigenvalue weighted by molar-refractivity contribution is 5.95. The summed E-state index contributed by atoms with van der Waals surface area (Å²) in [4.78, 5) is 15.5. The first-order valence-corrected chi connectivity index (χ1v) is 16.3. The molecule has 0 spiro atoms. The van der Waals surface area contributed by atoms with Gasteiger partial charge in [-0.15, -0.1) is 12.2 Å². The number of nitrogens with zero attached hydrogens (tertiary/aromatic N) is 2. The number of likely N-dealkylation sites (N-methyl/N-ethyl adjacent to an activating group) is 1. The number of aromatic amines is 1. The van der Waals surface area contributed by atoms with Gasteiger partial charge in [-0.1, -0.05) is 115 Å². The maximum Gasteiger partial charge on any atom is 0.277 e. The Kier molecular flexibility index (Phi) is 7.39. The first kappa shape index (κ1) is 30.1. The summed E-state index contributed by atoms with van der Waals surface area (Å²) in [6, 6.07) is 41.7. The Balaban J connectivity index is 1.27. The van der Waals surface area contributed by atoms with Gasteiger partial charge in [0.05, 0.1) is 11.3 Å². The molecule has 2 heterocycles. The van der Waals surface area contributed by atoms with Crippen molar-refractivity contribution >= 4 is 16.5 Å². The van der Waals surface area contributed by atoms with Gasteiger partial charge < -0.3 is 15.1 Å². The number of para-hydroxylation sites is 1. The molecular formula is C41H34FN3O3-2. The minimum absolute atomic E-state index is 0.359. The molecule has 48 heavy (non-hydrogen) atoms. The second-order valence-electron chi connectivity index (χ2n) is 13.0. The van der Waals surface area contributed by atoms with Crippen LogP contribution in [-0.4, -0.2) is 29.0 Å². The Bertz CT molecular complexity index is 2140. The monoisotopic (exact) mass is 635 g/mol. The number of nitrogens with one attached hydrogen (secondary N) is 1. The molecule has 1 aromatic heterocycles. The van der Waals surface area contributed by atoms with E-state index in [0.29, 0.717) is 18.5 Å². The van der Waals surface area contributed by atoms with Crippen molar-refractivity contribution in [1.29, 1.82) is 0 Å². The van der Waals surface area contributed by atoms with Crippen molar-refractivity contribution in [2.24, 2.45) is 5.92 Å². The average molecular weight is 636 g/mol. The standard InChI is InChI=1S/C41H34FN3O3/c1-44-32-22-21-28-17-11-12-20-30(28)36(32)41(24-26-13-5-2-6-14-26,25-27-15-7-3-8-16-27)33(44)23-31-37(46)34(38(31)47)35-39(42)43-45(40(35)48)29-18-9-4-10-19-29/h2-23,31,34,37-38,43H,24-25H2,1H3/q-2. The van der Waals surface area contributed by atoms with Gasteiger partial charge in [0, 0.05) is 23.8 Å². The van der Waals surface area contributed by atoms with E-state index in [1.807, 2.05) is 61.7 Å². The van der Waals surface area contributed by atoms with E-state index >= 15 is 4.39 Å². The molecule has 1 aliphatic carbocycles. The van der Waals surface area contributed by atoms with Crippen molar-refractivity contribution in [3.05, 3.63) is 178 Å². The number of rotatable bonds is 7. The Morgan fingerprint density at radius 2 is 1.33 bits per heavy atom. The molecule has 0 radical (unpaired) electrons. The fraction of sp³-hybridized carbons (Fsp3) is 0.195. The predicted octanol–water partition coefficient (Wildman–Crippen LogP) is 5.39. The van der Waals surface area contributed by atoms with E-state index in [0.717, 1.165) is 43.5 Å². The molecule has 0 amide bonds. The molecule has 1 saturated carbocycles. The molecule has 1 fully saturated rings. The summed E-state index contributed by atoms with van der Waals surface area (Å²) in [5.74, 6) is -3.17. The number of anilines is 1. The number of benzene rings is 5. The van der Waals surface area contributed by atoms with Crippen LogP contribution in [0.3, 0.4) is 0 Å². The number of halogens is 1. The highest BCUT2D eigenvalue weighted by atomic mass is 19.1. The smallest absolute Gasteiger partial charge is 0.277 e. The fourth-order valence-electron chi connectivity index (χ4n) is 8.08. The number of hydrogen-bond acceptors (Lipinski definition) is 4. The number of hydrogen-bond donors (Lipinski definition) is 1. The zero-order valence-corrected chi connectivity index (χ0v) is 26.4. The maximum absolute atomic E-state index is 15.3. The summed E-state index contributed by atoms with van der Waals surface area (Å²) in [5.41, 5.74) is 4.07. The molecular weight excluding hydrogens is 601 g/mol. The van der Waals surface area contributed by atoms with Crippen molar-refractivity contribution in [3.8, 4) is 5.69 Å². The van der Waals surface area contributed by atoms with E-state index in [-0.39, 0.29) is 5.56 Å². The number of fused-ring (bicyclic) bond motifs is 3. The van der Waals surface area contributed by atoms with Crippen molar-refractivity contribution in [2.75, 3.05) is 11.9 Å². The van der Waals surface area contributed by atoms with Crippen molar-refractivity contribution in [3.63, 3.8) is 0 Å². The summed E-state index contributed by atoms with van der Waals surface area (Å²) in [6.45, 7) is 0. The molecule has 0 saturated heterocycles. The minimum Gasteiger partial charge on any atom is -0.851 e. The lowest BCUT2D eigenvalue weighted by Crippen LogP contribution is -2.65. The quantitative estimate of drug-likeness (QED) is 0.255. The molecule has 5 aromatic carbocycles. The SMILES string of the molecule is CN1C(=CC2C([O-])C(c3c(F)[nH]n(-c4ccccc4)c3=O)C2[O-])C(Cc2ccccc2)(Cc2ccccc2)c2c1ccc1ccccc21. The summed E-state index contributed by atoms with van der Waals surface area (Å²) >= 11 is 0. The van der Waals surface area contributed by atoms with Gasteiger partial charge >= 0.3 is 0 Å². The van der Waals surface area contributed by atoms with Gasteiger partial charge in [-0.05, 0) is 70.3 Å². The molecule has 2 aliphatic rings. The minimum atomic E-state index is -1.48. The lowest BCUT2D eigenvalue weighted by molar-refractivity contribution is -0.543. The summed E-state index contributed by atoms with van der Waals surface area (Å²) in [6.07, 6.45) is 0.158. The molecule has 2 unspecified atom stereocenters. The van der Waals surface area contributed by atoms with Crippen LogP contribution in [0.4, 0.5) is 10.1 Å². The Hall–Kier alpha value is -5.24. The molecule has 8 rings (SSSR count). The van der Waals surface area contributed by atoms with Crippen LogP contribution < -0.4 is 20.7 Å². The van der Waals surface area contributed by atoms with E-state index < -0.39 is 41.0 Å². The molecule has 7 heteroatoms. The normalized spacial score (nSPS) is 22.2. The van der Waals surface area contributed by atoms with Crippen LogP contribution in [0.2, 0.25) is 0 Å². The highest BCUT2D eigenvalue weighted by Crippen LogP contribution is 2.55. The predicted molar refractivity (Wildman–Crippen MR) is 183 cm³/mol. The first-order valence-electron chi connectivity index (χ1n) is 16.3. The van der Waals surface area contributed by atoms with Crippen LogP contribution in [0.5, 0.6) is 0 Å². The number of aromatic nitrogens is 2. The van der Waals surface area contributed by atoms with Gasteiger partial charge in [-0.2, -0.15) is 4.39 Å². The van der Waals surface area contributed by atoms with Gasteiger partial charge in [0.2, 0.25) is 5.95 Å². The Morgan fingerprint density at radius 3 is 1.96 bits per heavy atom. The molecule has 0 bridgehead atoms. The van der Waals surface area contributed by atoms with Crippen LogP contribution in [-0.2, 0) is 18.3 Å². The van der Waals surface area contributed by atoms with Gasteiger partial charge in [0.15, 0.2) is 0 Å². The van der Waals surface area contributed by atoms with Crippen molar-refractivity contribution in [1.82, 2.24) is 9.78 Å². The molecule has 2 atom stereocenters. The van der Waals surface area contributed by atoms with E-state index in [1.54, 1.807) is 30.3 Å². The third kappa shape index (κ3) is 4.73. The molecule has 240 valence electrons. The lowest BCUT2D eigenvalue weighted by atomic mass is 9.63. The fourth-order valence-corrected chi connectivity index (χ4v) is 8.08. The highest BCUT2D eigenvalue weighted by Gasteiger charge is 2.49. The number of H-pyrrole nitrogens is 1. The van der Waals surface area contributed by atoms with Gasteiger partial charge in [-0.25, -0.2) is 4.68 Å². The second kappa shape index (κ2) is 11.8. The molecule has 6 aromatic rings. The van der Waals surface area contributed by atoms with E-state index in [4.69, 9.17) is 0 Å². The largest absolute Gasteiger partial charge is 0.851 e. The van der Waals surface area contributed by atoms with Crippen LogP contribution in [0.15, 0.2) is 144 Å².